The molecule has 126 valence electrons. The van der Waals surface area contributed by atoms with Crippen LogP contribution in [0.15, 0.2) is 42.6 Å². The minimum atomic E-state index is 0.00760. The number of hydrogen-bond donors (Lipinski definition) is 1. The highest BCUT2D eigenvalue weighted by molar-refractivity contribution is 5.92. The van der Waals surface area contributed by atoms with Gasteiger partial charge in [0.2, 0.25) is 5.91 Å². The number of rotatable bonds is 3. The van der Waals surface area contributed by atoms with Crippen LogP contribution in [0, 0.1) is 6.92 Å². The molecule has 1 fully saturated rings. The van der Waals surface area contributed by atoms with Crippen LogP contribution in [0.3, 0.4) is 0 Å². The molecule has 0 unspecified atom stereocenters. The van der Waals surface area contributed by atoms with Gasteiger partial charge in [-0.05, 0) is 36.6 Å². The number of carbonyl (C=O) groups excluding carboxylic acids is 2. The number of aryl methyl sites for hydroxylation is 1. The van der Waals surface area contributed by atoms with Crippen LogP contribution in [0.2, 0.25) is 0 Å². The summed E-state index contributed by atoms with van der Waals surface area (Å²) in [7, 11) is 0. The van der Waals surface area contributed by atoms with Crippen molar-refractivity contribution in [2.45, 2.75) is 19.8 Å². The lowest BCUT2D eigenvalue weighted by molar-refractivity contribution is -0.130. The molecule has 0 bridgehead atoms. The monoisotopic (exact) mass is 325 g/mol. The van der Waals surface area contributed by atoms with Crippen LogP contribution in [-0.2, 0) is 11.2 Å². The smallest absolute Gasteiger partial charge is 0.270 e. The molecule has 3 rings (SSSR count). The van der Waals surface area contributed by atoms with Gasteiger partial charge in [0.1, 0.15) is 5.69 Å². The molecule has 0 aliphatic carbocycles. The first-order valence-electron chi connectivity index (χ1n) is 8.40. The van der Waals surface area contributed by atoms with Gasteiger partial charge in [-0.15, -0.1) is 0 Å². The number of benzene rings is 1. The highest BCUT2D eigenvalue weighted by Gasteiger charge is 2.23. The van der Waals surface area contributed by atoms with Gasteiger partial charge in [-0.1, -0.05) is 24.3 Å². The Hall–Kier alpha value is -2.56. The van der Waals surface area contributed by atoms with E-state index >= 15 is 0 Å². The minimum absolute atomic E-state index is 0.00760. The van der Waals surface area contributed by atoms with Crippen molar-refractivity contribution in [2.75, 3.05) is 26.2 Å². The minimum Gasteiger partial charge on any atom is -0.357 e. The largest absolute Gasteiger partial charge is 0.357 e. The van der Waals surface area contributed by atoms with Crippen LogP contribution in [-0.4, -0.2) is 52.8 Å². The summed E-state index contributed by atoms with van der Waals surface area (Å²) in [5.41, 5.74) is 2.82. The Kier molecular flexibility index (Phi) is 4.99. The van der Waals surface area contributed by atoms with Crippen LogP contribution >= 0.6 is 0 Å². The van der Waals surface area contributed by atoms with Crippen LogP contribution < -0.4 is 0 Å². The summed E-state index contributed by atoms with van der Waals surface area (Å²) in [5.74, 6) is 0.145. The second kappa shape index (κ2) is 7.34. The van der Waals surface area contributed by atoms with Gasteiger partial charge in [0.05, 0.1) is 6.42 Å². The molecule has 5 heteroatoms. The molecule has 0 spiro atoms. The fourth-order valence-corrected chi connectivity index (χ4v) is 3.09. The molecule has 1 aromatic carbocycles. The topological polar surface area (TPSA) is 56.4 Å². The Morgan fingerprint density at radius 1 is 1.00 bits per heavy atom. The van der Waals surface area contributed by atoms with Crippen molar-refractivity contribution in [2.24, 2.45) is 0 Å². The quantitative estimate of drug-likeness (QED) is 0.941. The molecule has 1 N–H and O–H groups in total. The first-order chi connectivity index (χ1) is 11.6. The van der Waals surface area contributed by atoms with Gasteiger partial charge in [0, 0.05) is 32.4 Å². The van der Waals surface area contributed by atoms with Crippen LogP contribution in [0.1, 0.15) is 28.0 Å². The van der Waals surface area contributed by atoms with Gasteiger partial charge in [-0.25, -0.2) is 0 Å². The van der Waals surface area contributed by atoms with E-state index in [1.54, 1.807) is 12.3 Å². The Balaban J connectivity index is 1.60. The third kappa shape index (κ3) is 3.67. The molecule has 2 amide bonds. The first kappa shape index (κ1) is 16.3. The van der Waals surface area contributed by atoms with Crippen molar-refractivity contribution < 1.29 is 9.59 Å². The second-order valence-corrected chi connectivity index (χ2v) is 6.21. The Labute approximate surface area is 142 Å². The zero-order valence-electron chi connectivity index (χ0n) is 14.0. The third-order valence-corrected chi connectivity index (χ3v) is 4.57. The molecule has 5 nitrogen and oxygen atoms in total. The number of nitrogens with zero attached hydrogens (tertiary/aromatic N) is 2. The predicted octanol–water partition coefficient (Wildman–Crippen LogP) is 2.24. The van der Waals surface area contributed by atoms with Gasteiger partial charge in [-0.3, -0.25) is 9.59 Å². The number of carbonyl (C=O) groups is 2. The maximum atomic E-state index is 12.6. The van der Waals surface area contributed by atoms with Crippen molar-refractivity contribution >= 4 is 11.8 Å². The van der Waals surface area contributed by atoms with Crippen LogP contribution in [0.4, 0.5) is 0 Å². The fraction of sp³-hybridized carbons (Fsp3) is 0.368. The summed E-state index contributed by atoms with van der Waals surface area (Å²) in [5, 5.41) is 0. The van der Waals surface area contributed by atoms with E-state index in [-0.39, 0.29) is 11.8 Å². The lowest BCUT2D eigenvalue weighted by Crippen LogP contribution is -2.38. The molecule has 1 aromatic heterocycles. The van der Waals surface area contributed by atoms with E-state index in [1.165, 1.54) is 0 Å². The summed E-state index contributed by atoms with van der Waals surface area (Å²) in [6, 6.07) is 11.6. The van der Waals surface area contributed by atoms with Crippen molar-refractivity contribution in [3.05, 3.63) is 59.4 Å². The van der Waals surface area contributed by atoms with Gasteiger partial charge >= 0.3 is 0 Å². The maximum Gasteiger partial charge on any atom is 0.270 e. The average Bonchev–Trinajstić information content (AvgIpc) is 3.00. The van der Waals surface area contributed by atoms with Crippen molar-refractivity contribution in [1.82, 2.24) is 14.8 Å². The van der Waals surface area contributed by atoms with E-state index in [0.717, 1.165) is 17.5 Å². The lowest BCUT2D eigenvalue weighted by Gasteiger charge is -2.22. The van der Waals surface area contributed by atoms with Crippen molar-refractivity contribution in [1.29, 1.82) is 0 Å². The van der Waals surface area contributed by atoms with E-state index in [2.05, 4.69) is 4.98 Å². The molecule has 0 atom stereocenters. The average molecular weight is 325 g/mol. The van der Waals surface area contributed by atoms with Crippen molar-refractivity contribution in [3.63, 3.8) is 0 Å². The number of H-pyrrole nitrogens is 1. The predicted molar refractivity (Wildman–Crippen MR) is 92.8 cm³/mol. The van der Waals surface area contributed by atoms with Crippen LogP contribution in [0.5, 0.6) is 0 Å². The summed E-state index contributed by atoms with van der Waals surface area (Å²) in [6.45, 7) is 4.60. The SMILES string of the molecule is Cc1ccccc1CC(=O)N1CCCN(C(=O)c2ccc[nH]2)CC1. The molecule has 24 heavy (non-hydrogen) atoms. The molecule has 1 aliphatic heterocycles. The molecule has 1 saturated heterocycles. The second-order valence-electron chi connectivity index (χ2n) is 6.21. The lowest BCUT2D eigenvalue weighted by atomic mass is 10.1. The van der Waals surface area contributed by atoms with Gasteiger partial charge < -0.3 is 14.8 Å². The first-order valence-corrected chi connectivity index (χ1v) is 8.40. The maximum absolute atomic E-state index is 12.6. The third-order valence-electron chi connectivity index (χ3n) is 4.57. The van der Waals surface area contributed by atoms with E-state index in [4.69, 9.17) is 0 Å². The van der Waals surface area contributed by atoms with E-state index in [9.17, 15) is 9.59 Å². The van der Waals surface area contributed by atoms with Crippen molar-refractivity contribution in [3.8, 4) is 0 Å². The zero-order chi connectivity index (χ0) is 16.9. The van der Waals surface area contributed by atoms with E-state index in [1.807, 2.05) is 47.1 Å². The molecule has 0 radical (unpaired) electrons. The summed E-state index contributed by atoms with van der Waals surface area (Å²) < 4.78 is 0. The number of nitrogens with one attached hydrogen (secondary N) is 1. The normalized spacial score (nSPS) is 15.2. The van der Waals surface area contributed by atoms with Gasteiger partial charge in [-0.2, -0.15) is 0 Å². The highest BCUT2D eigenvalue weighted by atomic mass is 16.2. The zero-order valence-corrected chi connectivity index (χ0v) is 14.0. The van der Waals surface area contributed by atoms with E-state index < -0.39 is 0 Å². The molecule has 2 heterocycles. The van der Waals surface area contributed by atoms with E-state index in [0.29, 0.717) is 38.3 Å². The summed E-state index contributed by atoms with van der Waals surface area (Å²) in [4.78, 5) is 31.7. The molecule has 1 aliphatic rings. The highest BCUT2D eigenvalue weighted by Crippen LogP contribution is 2.12. The summed E-state index contributed by atoms with van der Waals surface area (Å²) >= 11 is 0. The van der Waals surface area contributed by atoms with Gasteiger partial charge in [0.15, 0.2) is 0 Å². The Morgan fingerprint density at radius 3 is 2.50 bits per heavy atom. The Morgan fingerprint density at radius 2 is 1.75 bits per heavy atom. The molecular weight excluding hydrogens is 302 g/mol. The Bertz CT molecular complexity index is 709. The number of aromatic nitrogens is 1. The molecule has 2 aromatic rings. The molecule has 0 saturated carbocycles. The molecular formula is C19H23N3O2. The summed E-state index contributed by atoms with van der Waals surface area (Å²) in [6.07, 6.45) is 2.99. The van der Waals surface area contributed by atoms with Crippen LogP contribution in [0.25, 0.3) is 0 Å². The number of amides is 2. The number of hydrogen-bond acceptors (Lipinski definition) is 2. The van der Waals surface area contributed by atoms with Gasteiger partial charge in [0.25, 0.3) is 5.91 Å². The fourth-order valence-electron chi connectivity index (χ4n) is 3.09. The standard InChI is InChI=1S/C19H23N3O2/c1-15-6-2-3-7-16(15)14-18(23)21-10-5-11-22(13-12-21)19(24)17-8-4-9-20-17/h2-4,6-9,20H,5,10-14H2,1H3. The number of aromatic amines is 1.